The van der Waals surface area contributed by atoms with Crippen LogP contribution in [0, 0.1) is 11.8 Å². The van der Waals surface area contributed by atoms with Gasteiger partial charge in [-0.1, -0.05) is 44.0 Å². The summed E-state index contributed by atoms with van der Waals surface area (Å²) in [5.41, 5.74) is 2.66. The van der Waals surface area contributed by atoms with Gasteiger partial charge in [0.15, 0.2) is 0 Å². The summed E-state index contributed by atoms with van der Waals surface area (Å²) in [5.74, 6) is 0.268. The molecule has 0 N–H and O–H groups in total. The molecule has 0 nitrogen and oxygen atoms in total. The Labute approximate surface area is 153 Å². The van der Waals surface area contributed by atoms with Gasteiger partial charge in [-0.15, -0.1) is 0 Å². The molecule has 0 saturated heterocycles. The average Bonchev–Trinajstić information content (AvgIpc) is 2.61. The first kappa shape index (κ1) is 19.4. The molecular weight excluding hydrogens is 340 g/mol. The van der Waals surface area contributed by atoms with Crippen LogP contribution in [0.5, 0.6) is 0 Å². The van der Waals surface area contributed by atoms with E-state index >= 15 is 0 Å². The van der Waals surface area contributed by atoms with E-state index in [9.17, 15) is 17.6 Å². The van der Waals surface area contributed by atoms with Gasteiger partial charge < -0.3 is 0 Å². The van der Waals surface area contributed by atoms with Crippen LogP contribution in [0.2, 0.25) is 0 Å². The highest BCUT2D eigenvalue weighted by Crippen LogP contribution is 2.41. The summed E-state index contributed by atoms with van der Waals surface area (Å²) in [4.78, 5) is 0. The minimum Gasteiger partial charge on any atom is -0.212 e. The molecule has 2 saturated carbocycles. The SMILES string of the molecule is CC1CCC(c2ccc(C3CCC(/C(F)=C/C(F)(F)F)CC3)cc2)CC1. The van der Waals surface area contributed by atoms with Crippen LogP contribution in [-0.4, -0.2) is 6.18 Å². The van der Waals surface area contributed by atoms with Crippen molar-refractivity contribution in [2.45, 2.75) is 76.3 Å². The molecule has 2 fully saturated rings. The van der Waals surface area contributed by atoms with E-state index in [-0.39, 0.29) is 6.08 Å². The summed E-state index contributed by atoms with van der Waals surface area (Å²) >= 11 is 0. The molecule has 2 aliphatic carbocycles. The summed E-state index contributed by atoms with van der Waals surface area (Å²) in [7, 11) is 0. The van der Waals surface area contributed by atoms with E-state index in [1.165, 1.54) is 36.8 Å². The van der Waals surface area contributed by atoms with Crippen LogP contribution in [-0.2, 0) is 0 Å². The molecule has 0 aromatic heterocycles. The van der Waals surface area contributed by atoms with Crippen LogP contribution in [0.4, 0.5) is 17.6 Å². The molecule has 1 aromatic rings. The Kier molecular flexibility index (Phi) is 6.09. The van der Waals surface area contributed by atoms with E-state index in [1.54, 1.807) is 0 Å². The Morgan fingerprint density at radius 1 is 0.808 bits per heavy atom. The van der Waals surface area contributed by atoms with Gasteiger partial charge in [-0.2, -0.15) is 13.2 Å². The standard InChI is InChI=1S/C22H28F4/c1-15-2-4-16(5-3-15)17-6-8-18(9-7-17)19-10-12-20(13-11-19)21(23)14-22(24,25)26/h6-9,14-16,19-20H,2-5,10-13H2,1H3/b21-14-. The summed E-state index contributed by atoms with van der Waals surface area (Å²) < 4.78 is 50.6. The predicted octanol–water partition coefficient (Wildman–Crippen LogP) is 7.67. The lowest BCUT2D eigenvalue weighted by molar-refractivity contribution is -0.0820. The van der Waals surface area contributed by atoms with Crippen molar-refractivity contribution in [1.82, 2.24) is 0 Å². The third-order valence-corrected chi connectivity index (χ3v) is 6.31. The van der Waals surface area contributed by atoms with E-state index in [2.05, 4.69) is 31.2 Å². The fraction of sp³-hybridized carbons (Fsp3) is 0.636. The highest BCUT2D eigenvalue weighted by Gasteiger charge is 2.30. The van der Waals surface area contributed by atoms with Gasteiger partial charge in [-0.05, 0) is 67.4 Å². The Morgan fingerprint density at radius 3 is 1.65 bits per heavy atom. The molecule has 0 atom stereocenters. The van der Waals surface area contributed by atoms with Crippen LogP contribution in [0.1, 0.15) is 81.3 Å². The third-order valence-electron chi connectivity index (χ3n) is 6.31. The molecular formula is C22H28F4. The van der Waals surface area contributed by atoms with Crippen molar-refractivity contribution in [2.75, 3.05) is 0 Å². The molecule has 3 rings (SSSR count). The zero-order chi connectivity index (χ0) is 18.7. The van der Waals surface area contributed by atoms with Gasteiger partial charge in [0.25, 0.3) is 0 Å². The quantitative estimate of drug-likeness (QED) is 0.480. The maximum absolute atomic E-state index is 13.7. The number of hydrogen-bond acceptors (Lipinski definition) is 0. The van der Waals surface area contributed by atoms with Gasteiger partial charge in [0, 0.05) is 5.92 Å². The highest BCUT2D eigenvalue weighted by atomic mass is 19.4. The lowest BCUT2D eigenvalue weighted by atomic mass is 9.76. The van der Waals surface area contributed by atoms with Crippen LogP contribution in [0.25, 0.3) is 0 Å². The number of benzene rings is 1. The second-order valence-electron chi connectivity index (χ2n) is 8.24. The van der Waals surface area contributed by atoms with Gasteiger partial charge in [0.05, 0.1) is 6.08 Å². The van der Waals surface area contributed by atoms with E-state index in [4.69, 9.17) is 0 Å². The van der Waals surface area contributed by atoms with E-state index < -0.39 is 17.9 Å². The lowest BCUT2D eigenvalue weighted by Crippen LogP contribution is -2.16. The molecule has 0 radical (unpaired) electrons. The molecule has 0 bridgehead atoms. The molecule has 0 spiro atoms. The summed E-state index contributed by atoms with van der Waals surface area (Å²) in [5, 5.41) is 0. The van der Waals surface area contributed by atoms with Crippen LogP contribution >= 0.6 is 0 Å². The highest BCUT2D eigenvalue weighted by molar-refractivity contribution is 5.28. The first-order chi connectivity index (χ1) is 12.3. The minimum atomic E-state index is -4.56. The molecule has 1 aromatic carbocycles. The molecule has 0 heterocycles. The lowest BCUT2D eigenvalue weighted by Gasteiger charge is -2.29. The van der Waals surface area contributed by atoms with Gasteiger partial charge >= 0.3 is 6.18 Å². The Morgan fingerprint density at radius 2 is 1.23 bits per heavy atom. The molecule has 0 unspecified atom stereocenters. The van der Waals surface area contributed by atoms with Crippen molar-refractivity contribution in [1.29, 1.82) is 0 Å². The van der Waals surface area contributed by atoms with Crippen molar-refractivity contribution >= 4 is 0 Å². The number of rotatable bonds is 3. The van der Waals surface area contributed by atoms with Gasteiger partial charge in [0.2, 0.25) is 0 Å². The molecule has 0 aliphatic heterocycles. The van der Waals surface area contributed by atoms with Crippen LogP contribution in [0.15, 0.2) is 36.2 Å². The van der Waals surface area contributed by atoms with Crippen molar-refractivity contribution in [3.8, 4) is 0 Å². The van der Waals surface area contributed by atoms with E-state index in [1.807, 2.05) is 0 Å². The zero-order valence-electron chi connectivity index (χ0n) is 15.4. The molecule has 4 heteroatoms. The fourth-order valence-corrected chi connectivity index (χ4v) is 4.61. The second kappa shape index (κ2) is 8.14. The monoisotopic (exact) mass is 368 g/mol. The number of hydrogen-bond donors (Lipinski definition) is 0. The fourth-order valence-electron chi connectivity index (χ4n) is 4.61. The second-order valence-corrected chi connectivity index (χ2v) is 8.24. The zero-order valence-corrected chi connectivity index (χ0v) is 15.4. The van der Waals surface area contributed by atoms with Crippen molar-refractivity contribution in [3.63, 3.8) is 0 Å². The van der Waals surface area contributed by atoms with Gasteiger partial charge in [-0.25, -0.2) is 4.39 Å². The van der Waals surface area contributed by atoms with Crippen molar-refractivity contribution in [3.05, 3.63) is 47.3 Å². The Hall–Kier alpha value is -1.32. The number of halogens is 4. The van der Waals surface area contributed by atoms with Crippen molar-refractivity contribution < 1.29 is 17.6 Å². The maximum Gasteiger partial charge on any atom is 0.412 e. The first-order valence-corrected chi connectivity index (χ1v) is 9.86. The van der Waals surface area contributed by atoms with Crippen molar-refractivity contribution in [2.24, 2.45) is 11.8 Å². The summed E-state index contributed by atoms with van der Waals surface area (Å²) in [6, 6.07) is 8.82. The average molecular weight is 368 g/mol. The summed E-state index contributed by atoms with van der Waals surface area (Å²) in [6.07, 6.45) is 2.88. The minimum absolute atomic E-state index is 0.169. The molecule has 2 aliphatic rings. The Balaban J connectivity index is 1.56. The predicted molar refractivity (Wildman–Crippen MR) is 96.8 cm³/mol. The Bertz CT molecular complexity index is 598. The number of alkyl halides is 3. The van der Waals surface area contributed by atoms with Crippen LogP contribution < -0.4 is 0 Å². The molecule has 144 valence electrons. The van der Waals surface area contributed by atoms with Gasteiger partial charge in [0.1, 0.15) is 5.83 Å². The maximum atomic E-state index is 13.7. The largest absolute Gasteiger partial charge is 0.412 e. The molecule has 26 heavy (non-hydrogen) atoms. The normalized spacial score (nSPS) is 31.0. The first-order valence-electron chi connectivity index (χ1n) is 9.86. The smallest absolute Gasteiger partial charge is 0.212 e. The van der Waals surface area contributed by atoms with E-state index in [0.717, 1.165) is 18.8 Å². The molecule has 0 amide bonds. The van der Waals surface area contributed by atoms with E-state index in [0.29, 0.717) is 24.7 Å². The topological polar surface area (TPSA) is 0 Å². The third kappa shape index (κ3) is 5.11. The number of allylic oxidation sites excluding steroid dienone is 2. The summed E-state index contributed by atoms with van der Waals surface area (Å²) in [6.45, 7) is 2.32. The van der Waals surface area contributed by atoms with Gasteiger partial charge in [-0.3, -0.25) is 0 Å². The van der Waals surface area contributed by atoms with Crippen LogP contribution in [0.3, 0.4) is 0 Å².